The molecule has 0 fully saturated rings. The van der Waals surface area contributed by atoms with Gasteiger partial charge in [0.15, 0.2) is 0 Å². The highest BCUT2D eigenvalue weighted by Crippen LogP contribution is 2.16. The summed E-state index contributed by atoms with van der Waals surface area (Å²) in [6.07, 6.45) is 3.01. The van der Waals surface area contributed by atoms with Crippen molar-refractivity contribution >= 4 is 12.0 Å². The third-order valence-electron chi connectivity index (χ3n) is 3.40. The highest BCUT2D eigenvalue weighted by molar-refractivity contribution is 5.91. The molecule has 0 N–H and O–H groups in total. The molecule has 0 aliphatic heterocycles. The van der Waals surface area contributed by atoms with E-state index < -0.39 is 0 Å². The molecule has 0 aromatic heterocycles. The van der Waals surface area contributed by atoms with E-state index in [-0.39, 0.29) is 11.7 Å². The second-order valence-corrected chi connectivity index (χ2v) is 5.17. The summed E-state index contributed by atoms with van der Waals surface area (Å²) in [5.74, 6) is 0.979. The number of rotatable bonds is 7. The van der Waals surface area contributed by atoms with E-state index in [2.05, 4.69) is 0 Å². The summed E-state index contributed by atoms with van der Waals surface area (Å²) >= 11 is 0. The van der Waals surface area contributed by atoms with Gasteiger partial charge < -0.3 is 14.4 Å². The van der Waals surface area contributed by atoms with E-state index in [1.807, 2.05) is 24.3 Å². The molecule has 0 bridgehead atoms. The van der Waals surface area contributed by atoms with Gasteiger partial charge in [0.1, 0.15) is 23.9 Å². The molecule has 4 nitrogen and oxygen atoms in total. The zero-order chi connectivity index (χ0) is 17.4. The molecular formula is C19H20FNO3. The summed E-state index contributed by atoms with van der Waals surface area (Å²) < 4.78 is 23.7. The first-order valence-electron chi connectivity index (χ1n) is 7.54. The number of halogens is 1. The van der Waals surface area contributed by atoms with Crippen molar-refractivity contribution in [2.24, 2.45) is 0 Å². The molecule has 2 aromatic carbocycles. The van der Waals surface area contributed by atoms with Crippen molar-refractivity contribution in [2.75, 3.05) is 27.3 Å². The number of carbonyl (C=O) groups is 1. The molecule has 0 heterocycles. The van der Waals surface area contributed by atoms with E-state index in [0.29, 0.717) is 24.5 Å². The predicted molar refractivity (Wildman–Crippen MR) is 91.6 cm³/mol. The van der Waals surface area contributed by atoms with Crippen LogP contribution in [0, 0.1) is 5.82 Å². The Balaban J connectivity index is 1.78. The number of methoxy groups -OCH3 is 1. The quantitative estimate of drug-likeness (QED) is 0.731. The number of benzene rings is 2. The largest absolute Gasteiger partial charge is 0.497 e. The molecule has 5 heteroatoms. The monoisotopic (exact) mass is 329 g/mol. The molecule has 126 valence electrons. The van der Waals surface area contributed by atoms with E-state index in [1.165, 1.54) is 18.2 Å². The van der Waals surface area contributed by atoms with Crippen LogP contribution in [0.5, 0.6) is 11.5 Å². The van der Waals surface area contributed by atoms with E-state index in [0.717, 1.165) is 5.75 Å². The van der Waals surface area contributed by atoms with E-state index in [9.17, 15) is 9.18 Å². The number of hydrogen-bond donors (Lipinski definition) is 0. The standard InChI is InChI=1S/C19H20FNO3/c1-21(12-13-24-18-9-7-17(23-2)8-10-18)19(22)11-6-15-4-3-5-16(20)14-15/h3-11,14H,12-13H2,1-2H3/b11-6+. The van der Waals surface area contributed by atoms with Gasteiger partial charge in [0.25, 0.3) is 0 Å². The van der Waals surface area contributed by atoms with Gasteiger partial charge in [-0.3, -0.25) is 4.79 Å². The average molecular weight is 329 g/mol. The molecule has 1 amide bonds. The van der Waals surface area contributed by atoms with Gasteiger partial charge in [0, 0.05) is 13.1 Å². The van der Waals surface area contributed by atoms with Crippen LogP contribution in [0.4, 0.5) is 4.39 Å². The smallest absolute Gasteiger partial charge is 0.246 e. The first-order valence-corrected chi connectivity index (χ1v) is 7.54. The Labute approximate surface area is 141 Å². The lowest BCUT2D eigenvalue weighted by molar-refractivity contribution is -0.125. The second kappa shape index (κ2) is 8.72. The molecule has 2 rings (SSSR count). The predicted octanol–water partition coefficient (Wildman–Crippen LogP) is 3.38. The van der Waals surface area contributed by atoms with Crippen molar-refractivity contribution in [2.45, 2.75) is 0 Å². The number of hydrogen-bond acceptors (Lipinski definition) is 3. The maximum absolute atomic E-state index is 13.1. The minimum absolute atomic E-state index is 0.169. The highest BCUT2D eigenvalue weighted by atomic mass is 19.1. The van der Waals surface area contributed by atoms with Gasteiger partial charge in [-0.2, -0.15) is 0 Å². The first kappa shape index (κ1) is 17.5. The lowest BCUT2D eigenvalue weighted by Gasteiger charge is -2.15. The molecule has 0 saturated heterocycles. The summed E-state index contributed by atoms with van der Waals surface area (Å²) in [5.41, 5.74) is 0.645. The van der Waals surface area contributed by atoms with Crippen LogP contribution in [0.3, 0.4) is 0 Å². The Morgan fingerprint density at radius 1 is 1.17 bits per heavy atom. The summed E-state index contributed by atoms with van der Waals surface area (Å²) in [6.45, 7) is 0.820. The van der Waals surface area contributed by atoms with E-state index in [4.69, 9.17) is 9.47 Å². The summed E-state index contributed by atoms with van der Waals surface area (Å²) in [4.78, 5) is 13.5. The van der Waals surface area contributed by atoms with Gasteiger partial charge in [0.05, 0.1) is 13.7 Å². The lowest BCUT2D eigenvalue weighted by Crippen LogP contribution is -2.29. The maximum atomic E-state index is 13.1. The molecule has 0 saturated carbocycles. The summed E-state index contributed by atoms with van der Waals surface area (Å²) in [5, 5.41) is 0. The van der Waals surface area contributed by atoms with Gasteiger partial charge in [0.2, 0.25) is 5.91 Å². The van der Waals surface area contributed by atoms with E-state index >= 15 is 0 Å². The van der Waals surface area contributed by atoms with Crippen LogP contribution in [0.1, 0.15) is 5.56 Å². The second-order valence-electron chi connectivity index (χ2n) is 5.17. The van der Waals surface area contributed by atoms with Crippen LogP contribution in [0.25, 0.3) is 6.08 Å². The SMILES string of the molecule is COc1ccc(OCCN(C)C(=O)/C=C/c2cccc(F)c2)cc1. The maximum Gasteiger partial charge on any atom is 0.246 e. The van der Waals surface area contributed by atoms with Crippen molar-refractivity contribution in [3.05, 3.63) is 66.0 Å². The molecule has 2 aromatic rings. The summed E-state index contributed by atoms with van der Waals surface area (Å²) in [7, 11) is 3.30. The lowest BCUT2D eigenvalue weighted by atomic mass is 10.2. The molecule has 0 atom stereocenters. The van der Waals surface area contributed by atoms with E-state index in [1.54, 1.807) is 37.3 Å². The Morgan fingerprint density at radius 2 is 1.88 bits per heavy atom. The van der Waals surface area contributed by atoms with Crippen LogP contribution in [-0.4, -0.2) is 38.1 Å². The Hall–Kier alpha value is -2.82. The number of carbonyl (C=O) groups excluding carboxylic acids is 1. The Kier molecular flexibility index (Phi) is 6.37. The van der Waals surface area contributed by atoms with Gasteiger partial charge in [-0.25, -0.2) is 4.39 Å². The zero-order valence-corrected chi connectivity index (χ0v) is 13.7. The fraction of sp³-hybridized carbons (Fsp3) is 0.211. The number of likely N-dealkylation sites (N-methyl/N-ethyl adjacent to an activating group) is 1. The van der Waals surface area contributed by atoms with Crippen LogP contribution >= 0.6 is 0 Å². The summed E-state index contributed by atoms with van der Waals surface area (Å²) in [6, 6.07) is 13.3. The van der Waals surface area contributed by atoms with Gasteiger partial charge in [-0.15, -0.1) is 0 Å². The number of nitrogens with zero attached hydrogens (tertiary/aromatic N) is 1. The zero-order valence-electron chi connectivity index (χ0n) is 13.7. The van der Waals surface area contributed by atoms with Crippen LogP contribution < -0.4 is 9.47 Å². The third kappa shape index (κ3) is 5.43. The molecule has 0 unspecified atom stereocenters. The van der Waals surface area contributed by atoms with Crippen LogP contribution in [0.15, 0.2) is 54.6 Å². The molecule has 0 radical (unpaired) electrons. The van der Waals surface area contributed by atoms with Crippen molar-refractivity contribution in [1.82, 2.24) is 4.90 Å². The highest BCUT2D eigenvalue weighted by Gasteiger charge is 2.05. The van der Waals surface area contributed by atoms with Crippen LogP contribution in [0.2, 0.25) is 0 Å². The first-order chi connectivity index (χ1) is 11.6. The van der Waals surface area contributed by atoms with Crippen molar-refractivity contribution in [1.29, 1.82) is 0 Å². The fourth-order valence-electron chi connectivity index (χ4n) is 1.99. The van der Waals surface area contributed by atoms with Gasteiger partial charge >= 0.3 is 0 Å². The van der Waals surface area contributed by atoms with Crippen molar-refractivity contribution in [3.8, 4) is 11.5 Å². The van der Waals surface area contributed by atoms with Gasteiger partial charge in [-0.05, 0) is 48.0 Å². The van der Waals surface area contributed by atoms with Crippen molar-refractivity contribution in [3.63, 3.8) is 0 Å². The normalized spacial score (nSPS) is 10.6. The molecular weight excluding hydrogens is 309 g/mol. The average Bonchev–Trinajstić information content (AvgIpc) is 2.60. The van der Waals surface area contributed by atoms with Crippen LogP contribution in [-0.2, 0) is 4.79 Å². The third-order valence-corrected chi connectivity index (χ3v) is 3.40. The minimum Gasteiger partial charge on any atom is -0.497 e. The van der Waals surface area contributed by atoms with Gasteiger partial charge in [-0.1, -0.05) is 12.1 Å². The number of amides is 1. The Morgan fingerprint density at radius 3 is 2.54 bits per heavy atom. The number of ether oxygens (including phenoxy) is 2. The van der Waals surface area contributed by atoms with Crippen molar-refractivity contribution < 1.29 is 18.7 Å². The molecule has 0 aliphatic carbocycles. The molecule has 24 heavy (non-hydrogen) atoms. The molecule has 0 aliphatic rings. The molecule has 0 spiro atoms. The Bertz CT molecular complexity index is 698. The topological polar surface area (TPSA) is 38.8 Å². The fourth-order valence-corrected chi connectivity index (χ4v) is 1.99. The minimum atomic E-state index is -0.328.